The molecule has 1 aliphatic rings. The molecular formula is C16H17N5OS. The van der Waals surface area contributed by atoms with Crippen molar-refractivity contribution in [3.05, 3.63) is 47.8 Å². The highest BCUT2D eigenvalue weighted by molar-refractivity contribution is 7.13. The number of nitrogens with zero attached hydrogens (tertiary/aromatic N) is 5. The molecule has 0 saturated carbocycles. The number of hydrogen-bond acceptors (Lipinski definition) is 7. The number of anilines is 1. The third kappa shape index (κ3) is 3.25. The van der Waals surface area contributed by atoms with Crippen molar-refractivity contribution in [1.82, 2.24) is 20.0 Å². The van der Waals surface area contributed by atoms with Gasteiger partial charge in [0.15, 0.2) is 0 Å². The molecule has 0 unspecified atom stereocenters. The highest BCUT2D eigenvalue weighted by atomic mass is 32.1. The minimum absolute atomic E-state index is 0.680. The zero-order valence-electron chi connectivity index (χ0n) is 12.6. The summed E-state index contributed by atoms with van der Waals surface area (Å²) in [7, 11) is 0. The molecule has 4 heterocycles. The summed E-state index contributed by atoms with van der Waals surface area (Å²) in [5, 5.41) is 6.08. The van der Waals surface area contributed by atoms with Crippen LogP contribution in [0.4, 0.5) is 5.82 Å². The monoisotopic (exact) mass is 327 g/mol. The van der Waals surface area contributed by atoms with Gasteiger partial charge in [-0.3, -0.25) is 4.90 Å². The Morgan fingerprint density at radius 2 is 2.00 bits per heavy atom. The van der Waals surface area contributed by atoms with Crippen molar-refractivity contribution >= 4 is 17.2 Å². The molecule has 0 bridgehead atoms. The molecule has 1 saturated heterocycles. The quantitative estimate of drug-likeness (QED) is 0.734. The van der Waals surface area contributed by atoms with Crippen molar-refractivity contribution in [2.75, 3.05) is 31.1 Å². The Morgan fingerprint density at radius 3 is 2.74 bits per heavy atom. The van der Waals surface area contributed by atoms with Gasteiger partial charge in [0.25, 0.3) is 0 Å². The standard InChI is InChI=1S/C16H17N5OS/c1-2-6-17-14(5-1)21-9-7-20(8-10-21)12-15-18-16(19-22-15)13-4-3-11-23-13/h1-6,11H,7-10,12H2. The number of aromatic nitrogens is 3. The Morgan fingerprint density at radius 1 is 1.09 bits per heavy atom. The molecule has 0 aliphatic carbocycles. The Bertz CT molecular complexity index is 735. The Balaban J connectivity index is 1.35. The minimum Gasteiger partial charge on any atom is -0.354 e. The van der Waals surface area contributed by atoms with Crippen molar-refractivity contribution in [2.24, 2.45) is 0 Å². The van der Waals surface area contributed by atoms with Crippen molar-refractivity contribution < 1.29 is 4.52 Å². The second-order valence-corrected chi connectivity index (χ2v) is 6.39. The molecule has 4 rings (SSSR count). The molecule has 23 heavy (non-hydrogen) atoms. The molecule has 0 aromatic carbocycles. The normalized spacial score (nSPS) is 15.9. The number of rotatable bonds is 4. The zero-order valence-corrected chi connectivity index (χ0v) is 13.4. The molecule has 3 aromatic rings. The van der Waals surface area contributed by atoms with Crippen LogP contribution in [0.15, 0.2) is 46.4 Å². The van der Waals surface area contributed by atoms with E-state index in [1.807, 2.05) is 35.8 Å². The SMILES string of the molecule is c1ccc(N2CCN(Cc3nc(-c4cccs4)no3)CC2)nc1. The first-order valence-electron chi connectivity index (χ1n) is 7.63. The topological polar surface area (TPSA) is 58.3 Å². The van der Waals surface area contributed by atoms with Crippen LogP contribution in [0.25, 0.3) is 10.7 Å². The van der Waals surface area contributed by atoms with Crippen molar-refractivity contribution in [3.63, 3.8) is 0 Å². The summed E-state index contributed by atoms with van der Waals surface area (Å²) in [4.78, 5) is 14.6. The number of piperazine rings is 1. The van der Waals surface area contributed by atoms with E-state index in [4.69, 9.17) is 4.52 Å². The van der Waals surface area contributed by atoms with Gasteiger partial charge < -0.3 is 9.42 Å². The van der Waals surface area contributed by atoms with E-state index in [1.165, 1.54) is 0 Å². The van der Waals surface area contributed by atoms with E-state index in [0.29, 0.717) is 18.3 Å². The van der Waals surface area contributed by atoms with Crippen LogP contribution >= 0.6 is 11.3 Å². The lowest BCUT2D eigenvalue weighted by Gasteiger charge is -2.34. The van der Waals surface area contributed by atoms with E-state index >= 15 is 0 Å². The molecule has 1 fully saturated rings. The predicted octanol–water partition coefficient (Wildman–Crippen LogP) is 2.52. The molecule has 7 heteroatoms. The molecule has 0 N–H and O–H groups in total. The summed E-state index contributed by atoms with van der Waals surface area (Å²) in [5.74, 6) is 2.41. The van der Waals surface area contributed by atoms with Crippen LogP contribution in [0, 0.1) is 0 Å². The van der Waals surface area contributed by atoms with E-state index in [1.54, 1.807) is 11.3 Å². The molecule has 6 nitrogen and oxygen atoms in total. The number of hydrogen-bond donors (Lipinski definition) is 0. The second kappa shape index (κ2) is 6.47. The second-order valence-electron chi connectivity index (χ2n) is 5.44. The van der Waals surface area contributed by atoms with Gasteiger partial charge in [-0.05, 0) is 23.6 Å². The maximum atomic E-state index is 5.38. The average Bonchev–Trinajstić information content (AvgIpc) is 3.28. The lowest BCUT2D eigenvalue weighted by Crippen LogP contribution is -2.46. The fraction of sp³-hybridized carbons (Fsp3) is 0.312. The lowest BCUT2D eigenvalue weighted by atomic mass is 10.3. The summed E-state index contributed by atoms with van der Waals surface area (Å²) in [6.07, 6.45) is 1.84. The smallest absolute Gasteiger partial charge is 0.241 e. The molecular weight excluding hydrogens is 310 g/mol. The average molecular weight is 327 g/mol. The summed E-state index contributed by atoms with van der Waals surface area (Å²) in [6.45, 7) is 4.56. The van der Waals surface area contributed by atoms with E-state index < -0.39 is 0 Å². The van der Waals surface area contributed by atoms with Gasteiger partial charge in [0.2, 0.25) is 11.7 Å². The van der Waals surface area contributed by atoms with Crippen molar-refractivity contribution in [3.8, 4) is 10.7 Å². The van der Waals surface area contributed by atoms with Crippen LogP contribution in [-0.2, 0) is 6.54 Å². The van der Waals surface area contributed by atoms with Crippen LogP contribution < -0.4 is 4.90 Å². The molecule has 0 amide bonds. The fourth-order valence-electron chi connectivity index (χ4n) is 2.69. The fourth-order valence-corrected chi connectivity index (χ4v) is 3.34. The molecule has 0 atom stereocenters. The number of pyridine rings is 1. The minimum atomic E-state index is 0.680. The van der Waals surface area contributed by atoms with Crippen LogP contribution in [0.3, 0.4) is 0 Å². The first-order chi connectivity index (χ1) is 11.4. The van der Waals surface area contributed by atoms with E-state index in [2.05, 4.69) is 31.0 Å². The van der Waals surface area contributed by atoms with Gasteiger partial charge in [0.05, 0.1) is 11.4 Å². The van der Waals surface area contributed by atoms with Crippen LogP contribution in [-0.4, -0.2) is 46.2 Å². The third-order valence-electron chi connectivity index (χ3n) is 3.91. The number of thiophene rings is 1. The summed E-state index contributed by atoms with van der Waals surface area (Å²) < 4.78 is 5.38. The summed E-state index contributed by atoms with van der Waals surface area (Å²) >= 11 is 1.62. The highest BCUT2D eigenvalue weighted by Crippen LogP contribution is 2.22. The maximum Gasteiger partial charge on any atom is 0.241 e. The third-order valence-corrected chi connectivity index (χ3v) is 4.78. The van der Waals surface area contributed by atoms with E-state index in [-0.39, 0.29) is 0 Å². The predicted molar refractivity (Wildman–Crippen MR) is 89.3 cm³/mol. The Hall–Kier alpha value is -2.25. The van der Waals surface area contributed by atoms with Gasteiger partial charge in [-0.15, -0.1) is 11.3 Å². The van der Waals surface area contributed by atoms with Gasteiger partial charge >= 0.3 is 0 Å². The van der Waals surface area contributed by atoms with Gasteiger partial charge in [-0.1, -0.05) is 17.3 Å². The molecule has 0 radical (unpaired) electrons. The van der Waals surface area contributed by atoms with Gasteiger partial charge in [-0.25, -0.2) is 4.98 Å². The maximum absolute atomic E-state index is 5.38. The highest BCUT2D eigenvalue weighted by Gasteiger charge is 2.20. The first-order valence-corrected chi connectivity index (χ1v) is 8.51. The first kappa shape index (κ1) is 14.3. The zero-order chi connectivity index (χ0) is 15.5. The van der Waals surface area contributed by atoms with Crippen LogP contribution in [0.5, 0.6) is 0 Å². The van der Waals surface area contributed by atoms with Crippen molar-refractivity contribution in [2.45, 2.75) is 6.54 Å². The Labute approximate surface area is 138 Å². The van der Waals surface area contributed by atoms with Crippen LogP contribution in [0.1, 0.15) is 5.89 Å². The van der Waals surface area contributed by atoms with E-state index in [0.717, 1.165) is 36.9 Å². The van der Waals surface area contributed by atoms with Gasteiger partial charge in [0, 0.05) is 32.4 Å². The largest absolute Gasteiger partial charge is 0.354 e. The van der Waals surface area contributed by atoms with E-state index in [9.17, 15) is 0 Å². The lowest BCUT2D eigenvalue weighted by molar-refractivity contribution is 0.215. The molecule has 3 aromatic heterocycles. The molecule has 0 spiro atoms. The molecule has 118 valence electrons. The van der Waals surface area contributed by atoms with Crippen molar-refractivity contribution in [1.29, 1.82) is 0 Å². The van der Waals surface area contributed by atoms with Gasteiger partial charge in [0.1, 0.15) is 5.82 Å². The molecule has 1 aliphatic heterocycles. The summed E-state index contributed by atoms with van der Waals surface area (Å²) in [5.41, 5.74) is 0. The van der Waals surface area contributed by atoms with Gasteiger partial charge in [-0.2, -0.15) is 4.98 Å². The Kier molecular flexibility index (Phi) is 4.04. The van der Waals surface area contributed by atoms with Crippen LogP contribution in [0.2, 0.25) is 0 Å². The summed E-state index contributed by atoms with van der Waals surface area (Å²) in [6, 6.07) is 10.0.